The summed E-state index contributed by atoms with van der Waals surface area (Å²) in [7, 11) is 0. The summed E-state index contributed by atoms with van der Waals surface area (Å²) in [5.41, 5.74) is 0.208. The lowest BCUT2D eigenvalue weighted by atomic mass is 10.2. The normalized spacial score (nSPS) is 9.90. The number of nitrogens with zero attached hydrogens (tertiary/aromatic N) is 2. The standard InChI is InChI=1S/C15H12N2O3S/c1-2-21-13-7-3-5-11(10(13)9-16)20-12-6-4-8-17-14(12)15(18)19/h3-8H,2H2,1H3,(H,18,19). The van der Waals surface area contributed by atoms with E-state index in [1.54, 1.807) is 18.2 Å². The van der Waals surface area contributed by atoms with E-state index >= 15 is 0 Å². The zero-order valence-corrected chi connectivity index (χ0v) is 12.1. The molecule has 2 rings (SSSR count). The van der Waals surface area contributed by atoms with Crippen LogP contribution in [0.25, 0.3) is 0 Å². The Morgan fingerprint density at radius 2 is 2.14 bits per heavy atom. The van der Waals surface area contributed by atoms with Gasteiger partial charge in [-0.05, 0) is 30.0 Å². The Bertz CT molecular complexity index is 710. The number of aromatic carboxylic acids is 1. The van der Waals surface area contributed by atoms with Crippen LogP contribution in [0, 0.1) is 11.3 Å². The lowest BCUT2D eigenvalue weighted by Gasteiger charge is -2.11. The number of pyridine rings is 1. The number of benzene rings is 1. The highest BCUT2D eigenvalue weighted by atomic mass is 32.2. The summed E-state index contributed by atoms with van der Waals surface area (Å²) in [4.78, 5) is 15.7. The Labute approximate surface area is 126 Å². The number of ether oxygens (including phenoxy) is 1. The summed E-state index contributed by atoms with van der Waals surface area (Å²) in [6.07, 6.45) is 1.38. The third-order valence-electron chi connectivity index (χ3n) is 2.59. The van der Waals surface area contributed by atoms with Crippen molar-refractivity contribution in [3.05, 3.63) is 47.8 Å². The lowest BCUT2D eigenvalue weighted by molar-refractivity contribution is 0.0687. The van der Waals surface area contributed by atoms with Crippen molar-refractivity contribution in [3.8, 4) is 17.6 Å². The third kappa shape index (κ3) is 3.33. The smallest absolute Gasteiger partial charge is 0.358 e. The monoisotopic (exact) mass is 300 g/mol. The molecule has 0 saturated carbocycles. The van der Waals surface area contributed by atoms with Crippen molar-refractivity contribution in [1.29, 1.82) is 5.26 Å². The molecule has 1 aromatic heterocycles. The number of hydrogen-bond donors (Lipinski definition) is 1. The van der Waals surface area contributed by atoms with Crippen LogP contribution in [0.15, 0.2) is 41.4 Å². The molecule has 0 spiro atoms. The second-order valence-corrected chi connectivity index (χ2v) is 5.24. The quantitative estimate of drug-likeness (QED) is 0.850. The first kappa shape index (κ1) is 14.9. The van der Waals surface area contributed by atoms with Crippen molar-refractivity contribution in [2.24, 2.45) is 0 Å². The van der Waals surface area contributed by atoms with Crippen LogP contribution < -0.4 is 4.74 Å². The van der Waals surface area contributed by atoms with Gasteiger partial charge in [0.25, 0.3) is 0 Å². The Balaban J connectivity index is 2.43. The van der Waals surface area contributed by atoms with Gasteiger partial charge in [-0.1, -0.05) is 13.0 Å². The molecule has 1 N–H and O–H groups in total. The molecular formula is C15H12N2O3S. The van der Waals surface area contributed by atoms with Crippen LogP contribution in [0.5, 0.6) is 11.5 Å². The first-order valence-corrected chi connectivity index (χ1v) is 7.18. The minimum atomic E-state index is -1.18. The van der Waals surface area contributed by atoms with Gasteiger partial charge in [0.1, 0.15) is 17.4 Å². The predicted molar refractivity (Wildman–Crippen MR) is 78.8 cm³/mol. The predicted octanol–water partition coefficient (Wildman–Crippen LogP) is 3.56. The molecule has 1 aromatic carbocycles. The van der Waals surface area contributed by atoms with Crippen LogP contribution in [0.2, 0.25) is 0 Å². The van der Waals surface area contributed by atoms with Crippen molar-refractivity contribution in [2.75, 3.05) is 5.75 Å². The number of thioether (sulfide) groups is 1. The minimum absolute atomic E-state index is 0.111. The summed E-state index contributed by atoms with van der Waals surface area (Å²) >= 11 is 1.53. The molecule has 0 atom stereocenters. The number of carboxylic acid groups (broad SMARTS) is 1. The molecule has 0 fully saturated rings. The van der Waals surface area contributed by atoms with Crippen LogP contribution in [-0.4, -0.2) is 21.8 Å². The van der Waals surface area contributed by atoms with E-state index in [1.807, 2.05) is 13.0 Å². The maximum Gasteiger partial charge on any atom is 0.358 e. The number of carbonyl (C=O) groups is 1. The zero-order chi connectivity index (χ0) is 15.2. The van der Waals surface area contributed by atoms with Crippen LogP contribution in [0.1, 0.15) is 23.0 Å². The van der Waals surface area contributed by atoms with E-state index in [0.29, 0.717) is 11.3 Å². The van der Waals surface area contributed by atoms with Crippen molar-refractivity contribution in [2.45, 2.75) is 11.8 Å². The largest absolute Gasteiger partial charge is 0.476 e. The summed E-state index contributed by atoms with van der Waals surface area (Å²) in [6.45, 7) is 1.99. The third-order valence-corrected chi connectivity index (χ3v) is 3.53. The van der Waals surface area contributed by atoms with E-state index in [0.717, 1.165) is 10.6 Å². The fourth-order valence-electron chi connectivity index (χ4n) is 1.73. The molecule has 0 aliphatic carbocycles. The number of hydrogen-bond acceptors (Lipinski definition) is 5. The number of carboxylic acids is 1. The van der Waals surface area contributed by atoms with E-state index in [9.17, 15) is 10.1 Å². The minimum Gasteiger partial charge on any atom is -0.476 e. The Morgan fingerprint density at radius 3 is 2.81 bits per heavy atom. The Morgan fingerprint density at radius 1 is 1.38 bits per heavy atom. The molecule has 0 aliphatic heterocycles. The van der Waals surface area contributed by atoms with Gasteiger partial charge in [0.15, 0.2) is 11.4 Å². The zero-order valence-electron chi connectivity index (χ0n) is 11.2. The molecule has 21 heavy (non-hydrogen) atoms. The molecule has 5 nitrogen and oxygen atoms in total. The van der Waals surface area contributed by atoms with Gasteiger partial charge >= 0.3 is 5.97 Å². The van der Waals surface area contributed by atoms with Gasteiger partial charge in [0.05, 0.1) is 0 Å². The van der Waals surface area contributed by atoms with E-state index in [-0.39, 0.29) is 11.4 Å². The van der Waals surface area contributed by atoms with Gasteiger partial charge in [-0.25, -0.2) is 9.78 Å². The molecule has 0 unspecified atom stereocenters. The van der Waals surface area contributed by atoms with Crippen LogP contribution >= 0.6 is 11.8 Å². The fraction of sp³-hybridized carbons (Fsp3) is 0.133. The molecule has 1 heterocycles. The first-order chi connectivity index (χ1) is 10.2. The summed E-state index contributed by atoms with van der Waals surface area (Å²) < 4.78 is 5.60. The Hall–Kier alpha value is -2.52. The molecule has 0 amide bonds. The van der Waals surface area contributed by atoms with Gasteiger partial charge in [-0.2, -0.15) is 5.26 Å². The van der Waals surface area contributed by atoms with Gasteiger partial charge in [0, 0.05) is 11.1 Å². The van der Waals surface area contributed by atoms with E-state index in [2.05, 4.69) is 11.1 Å². The topological polar surface area (TPSA) is 83.2 Å². The maximum atomic E-state index is 11.1. The van der Waals surface area contributed by atoms with Gasteiger partial charge in [0.2, 0.25) is 0 Å². The fourth-order valence-corrected chi connectivity index (χ4v) is 2.51. The number of rotatable bonds is 5. The SMILES string of the molecule is CCSc1cccc(Oc2cccnc2C(=O)O)c1C#N. The molecular weight excluding hydrogens is 288 g/mol. The van der Waals surface area contributed by atoms with E-state index in [4.69, 9.17) is 9.84 Å². The van der Waals surface area contributed by atoms with Crippen LogP contribution in [-0.2, 0) is 0 Å². The lowest BCUT2D eigenvalue weighted by Crippen LogP contribution is -2.03. The highest BCUT2D eigenvalue weighted by molar-refractivity contribution is 7.99. The highest BCUT2D eigenvalue weighted by Gasteiger charge is 2.16. The molecule has 0 aliphatic rings. The Kier molecular flexibility index (Phi) is 4.80. The van der Waals surface area contributed by atoms with Crippen LogP contribution in [0.4, 0.5) is 0 Å². The van der Waals surface area contributed by atoms with Crippen molar-refractivity contribution in [3.63, 3.8) is 0 Å². The summed E-state index contributed by atoms with van der Waals surface area (Å²) in [5, 5.41) is 18.4. The molecule has 0 bridgehead atoms. The van der Waals surface area contributed by atoms with Crippen molar-refractivity contribution >= 4 is 17.7 Å². The first-order valence-electron chi connectivity index (χ1n) is 6.19. The maximum absolute atomic E-state index is 11.1. The molecule has 106 valence electrons. The second-order valence-electron chi connectivity index (χ2n) is 3.93. The highest BCUT2D eigenvalue weighted by Crippen LogP contribution is 2.33. The van der Waals surface area contributed by atoms with Crippen molar-refractivity contribution in [1.82, 2.24) is 4.98 Å². The second kappa shape index (κ2) is 6.77. The van der Waals surface area contributed by atoms with E-state index in [1.165, 1.54) is 24.0 Å². The molecule has 6 heteroatoms. The number of aromatic nitrogens is 1. The van der Waals surface area contributed by atoms with Gasteiger partial charge in [-0.3, -0.25) is 0 Å². The molecule has 0 saturated heterocycles. The average molecular weight is 300 g/mol. The van der Waals surface area contributed by atoms with Gasteiger partial charge < -0.3 is 9.84 Å². The number of nitriles is 1. The summed E-state index contributed by atoms with van der Waals surface area (Å²) in [5.74, 6) is 0.0839. The van der Waals surface area contributed by atoms with E-state index < -0.39 is 5.97 Å². The van der Waals surface area contributed by atoms with Crippen LogP contribution in [0.3, 0.4) is 0 Å². The average Bonchev–Trinajstić information content (AvgIpc) is 2.48. The van der Waals surface area contributed by atoms with Crippen molar-refractivity contribution < 1.29 is 14.6 Å². The molecule has 2 aromatic rings. The molecule has 0 radical (unpaired) electrons. The summed E-state index contributed by atoms with van der Waals surface area (Å²) in [6, 6.07) is 10.4. The van der Waals surface area contributed by atoms with Gasteiger partial charge in [-0.15, -0.1) is 11.8 Å².